The van der Waals surface area contributed by atoms with Crippen LogP contribution in [-0.2, 0) is 10.0 Å². The molecule has 0 atom stereocenters. The van der Waals surface area contributed by atoms with Crippen molar-refractivity contribution in [2.45, 2.75) is 11.8 Å². The lowest BCUT2D eigenvalue weighted by Crippen LogP contribution is -2.17. The van der Waals surface area contributed by atoms with Crippen LogP contribution < -0.4 is 0 Å². The summed E-state index contributed by atoms with van der Waals surface area (Å²) in [5.74, 6) is 0. The van der Waals surface area contributed by atoms with Crippen molar-refractivity contribution < 1.29 is 8.42 Å². The van der Waals surface area contributed by atoms with Crippen molar-refractivity contribution in [3.8, 4) is 0 Å². The number of hydrogen-bond donors (Lipinski definition) is 0. The molecule has 2 aromatic carbocycles. The highest BCUT2D eigenvalue weighted by Gasteiger charge is 2.22. The van der Waals surface area contributed by atoms with Gasteiger partial charge in [0.25, 0.3) is 10.0 Å². The summed E-state index contributed by atoms with van der Waals surface area (Å²) in [4.78, 5) is 9.17. The zero-order valence-electron chi connectivity index (χ0n) is 13.9. The Kier molecular flexibility index (Phi) is 2.99. The van der Waals surface area contributed by atoms with Crippen LogP contribution in [0.1, 0.15) is 5.56 Å². The minimum atomic E-state index is -3.75. The summed E-state index contributed by atoms with van der Waals surface area (Å²) in [6.07, 6.45) is 3.21. The molecular formula is C19H14N4O2S. The maximum absolute atomic E-state index is 13.2. The van der Waals surface area contributed by atoms with Gasteiger partial charge < -0.3 is 0 Å². The minimum Gasteiger partial charge on any atom is -0.254 e. The molecule has 0 aliphatic carbocycles. The van der Waals surface area contributed by atoms with Crippen molar-refractivity contribution in [3.05, 3.63) is 72.6 Å². The second kappa shape index (κ2) is 5.15. The monoisotopic (exact) mass is 362 g/mol. The molecule has 3 heterocycles. The van der Waals surface area contributed by atoms with Crippen LogP contribution in [0.5, 0.6) is 0 Å². The number of aryl methyl sites for hydroxylation is 1. The van der Waals surface area contributed by atoms with E-state index < -0.39 is 10.0 Å². The number of imidazole rings is 1. The molecule has 0 bridgehead atoms. The molecule has 128 valence electrons. The highest BCUT2D eigenvalue weighted by molar-refractivity contribution is 7.89. The summed E-state index contributed by atoms with van der Waals surface area (Å²) in [7, 11) is -3.75. The number of nitrogens with zero attached hydrogens (tertiary/aromatic N) is 4. The molecule has 7 heteroatoms. The first-order chi connectivity index (χ1) is 12.6. The lowest BCUT2D eigenvalue weighted by atomic mass is 10.2. The normalized spacial score (nSPS) is 12.3. The number of hydrogen-bond acceptors (Lipinski definition) is 4. The fourth-order valence-corrected chi connectivity index (χ4v) is 4.51. The standard InChI is InChI=1S/C19H14N4O2S/c1-13-6-8-14(9-7-13)26(24,25)22-11-10-18-21-17-12-20-16-5-3-2-4-15(16)19(17)23(18)22/h2-12H,1H3. The summed E-state index contributed by atoms with van der Waals surface area (Å²) >= 11 is 0. The van der Waals surface area contributed by atoms with E-state index in [1.165, 1.54) is 10.3 Å². The molecule has 0 radical (unpaired) electrons. The Morgan fingerprint density at radius 2 is 1.69 bits per heavy atom. The fraction of sp³-hybridized carbons (Fsp3) is 0.0526. The van der Waals surface area contributed by atoms with Gasteiger partial charge in [-0.1, -0.05) is 35.9 Å². The molecular weight excluding hydrogens is 348 g/mol. The third-order valence-electron chi connectivity index (χ3n) is 4.50. The second-order valence-corrected chi connectivity index (χ2v) is 7.99. The van der Waals surface area contributed by atoms with Crippen molar-refractivity contribution in [1.29, 1.82) is 0 Å². The van der Waals surface area contributed by atoms with E-state index in [-0.39, 0.29) is 4.90 Å². The summed E-state index contributed by atoms with van der Waals surface area (Å²) in [6, 6.07) is 16.2. The summed E-state index contributed by atoms with van der Waals surface area (Å²) in [5, 5.41) is 0.858. The molecule has 0 amide bonds. The van der Waals surface area contributed by atoms with E-state index in [0.29, 0.717) is 11.2 Å². The van der Waals surface area contributed by atoms with Crippen LogP contribution in [0.15, 0.2) is 71.9 Å². The van der Waals surface area contributed by atoms with Crippen molar-refractivity contribution in [1.82, 2.24) is 18.6 Å². The SMILES string of the molecule is Cc1ccc(S(=O)(=O)n2ccc3nc4cnc5ccccc5c4n32)cc1. The largest absolute Gasteiger partial charge is 0.281 e. The van der Waals surface area contributed by atoms with Gasteiger partial charge in [0.15, 0.2) is 5.65 Å². The van der Waals surface area contributed by atoms with Crippen LogP contribution in [0.2, 0.25) is 0 Å². The summed E-state index contributed by atoms with van der Waals surface area (Å²) in [5.41, 5.74) is 3.75. The van der Waals surface area contributed by atoms with E-state index >= 15 is 0 Å². The quantitative estimate of drug-likeness (QED) is 0.483. The molecule has 0 N–H and O–H groups in total. The van der Waals surface area contributed by atoms with Crippen LogP contribution >= 0.6 is 0 Å². The zero-order chi connectivity index (χ0) is 17.9. The van der Waals surface area contributed by atoms with Crippen molar-refractivity contribution in [3.63, 3.8) is 0 Å². The molecule has 0 saturated carbocycles. The fourth-order valence-electron chi connectivity index (χ4n) is 3.22. The van der Waals surface area contributed by atoms with Gasteiger partial charge in [0.2, 0.25) is 0 Å². The molecule has 5 rings (SSSR count). The van der Waals surface area contributed by atoms with Gasteiger partial charge >= 0.3 is 0 Å². The van der Waals surface area contributed by atoms with Crippen molar-refractivity contribution in [2.75, 3.05) is 0 Å². The number of para-hydroxylation sites is 1. The van der Waals surface area contributed by atoms with Crippen molar-refractivity contribution in [2.24, 2.45) is 0 Å². The number of pyridine rings is 1. The topological polar surface area (TPSA) is 69.3 Å². The van der Waals surface area contributed by atoms with Crippen molar-refractivity contribution >= 4 is 37.6 Å². The molecule has 0 spiro atoms. The van der Waals surface area contributed by atoms with Gasteiger partial charge in [-0.05, 0) is 25.1 Å². The van der Waals surface area contributed by atoms with E-state index in [1.54, 1.807) is 41.0 Å². The first-order valence-corrected chi connectivity index (χ1v) is 9.55. The molecule has 0 unspecified atom stereocenters. The average molecular weight is 362 g/mol. The molecule has 3 aromatic heterocycles. The van der Waals surface area contributed by atoms with Gasteiger partial charge in [-0.3, -0.25) is 4.98 Å². The van der Waals surface area contributed by atoms with E-state index in [9.17, 15) is 8.42 Å². The highest BCUT2D eigenvalue weighted by atomic mass is 32.2. The first-order valence-electron chi connectivity index (χ1n) is 8.11. The highest BCUT2D eigenvalue weighted by Crippen LogP contribution is 2.26. The van der Waals surface area contributed by atoms with E-state index in [4.69, 9.17) is 0 Å². The second-order valence-electron chi connectivity index (χ2n) is 6.20. The molecule has 0 aliphatic heterocycles. The Labute approximate surface area is 149 Å². The molecule has 5 aromatic rings. The maximum atomic E-state index is 13.2. The number of aromatic nitrogens is 4. The Hall–Kier alpha value is -3.19. The number of fused-ring (bicyclic) bond motifs is 5. The predicted octanol–water partition coefficient (Wildman–Crippen LogP) is 3.38. The van der Waals surface area contributed by atoms with Crippen LogP contribution in [0, 0.1) is 6.92 Å². The Balaban J connectivity index is 1.89. The lowest BCUT2D eigenvalue weighted by Gasteiger charge is -2.09. The van der Waals surface area contributed by atoms with E-state index in [0.717, 1.165) is 22.0 Å². The third-order valence-corrected chi connectivity index (χ3v) is 6.15. The lowest BCUT2D eigenvalue weighted by molar-refractivity contribution is 0.577. The Morgan fingerprint density at radius 1 is 0.923 bits per heavy atom. The number of rotatable bonds is 2. The smallest absolute Gasteiger partial charge is 0.254 e. The maximum Gasteiger partial charge on any atom is 0.281 e. The van der Waals surface area contributed by atoms with E-state index in [2.05, 4.69) is 9.97 Å². The van der Waals surface area contributed by atoms with E-state index in [1.807, 2.05) is 31.2 Å². The molecule has 0 saturated heterocycles. The van der Waals surface area contributed by atoms with Gasteiger partial charge in [0.1, 0.15) is 11.0 Å². The summed E-state index contributed by atoms with van der Waals surface area (Å²) < 4.78 is 29.3. The Bertz CT molecular complexity index is 1400. The average Bonchev–Trinajstić information content (AvgIpc) is 3.21. The van der Waals surface area contributed by atoms with Gasteiger partial charge in [0.05, 0.1) is 16.6 Å². The van der Waals surface area contributed by atoms with Crippen LogP contribution in [-0.4, -0.2) is 27.0 Å². The van der Waals surface area contributed by atoms with Gasteiger partial charge in [-0.2, -0.15) is 12.5 Å². The summed E-state index contributed by atoms with van der Waals surface area (Å²) in [6.45, 7) is 1.92. The zero-order valence-corrected chi connectivity index (χ0v) is 14.7. The third kappa shape index (κ3) is 2.01. The first kappa shape index (κ1) is 15.1. The van der Waals surface area contributed by atoms with Gasteiger partial charge in [-0.25, -0.2) is 9.50 Å². The molecule has 26 heavy (non-hydrogen) atoms. The Morgan fingerprint density at radius 3 is 2.50 bits per heavy atom. The van der Waals surface area contributed by atoms with Crippen LogP contribution in [0.25, 0.3) is 27.6 Å². The number of benzene rings is 2. The molecule has 0 fully saturated rings. The molecule has 6 nitrogen and oxygen atoms in total. The minimum absolute atomic E-state index is 0.237. The van der Waals surface area contributed by atoms with Gasteiger partial charge in [0, 0.05) is 17.6 Å². The van der Waals surface area contributed by atoms with Crippen LogP contribution in [0.4, 0.5) is 0 Å². The molecule has 0 aliphatic rings. The predicted molar refractivity (Wildman–Crippen MR) is 99.8 cm³/mol. The van der Waals surface area contributed by atoms with Gasteiger partial charge in [-0.15, -0.1) is 0 Å². The van der Waals surface area contributed by atoms with Crippen LogP contribution in [0.3, 0.4) is 0 Å².